The number of anilines is 1. The Morgan fingerprint density at radius 3 is 1.94 bits per heavy atom. The Bertz CT molecular complexity index is 1170. The van der Waals surface area contributed by atoms with Crippen LogP contribution in [0.3, 0.4) is 0 Å². The van der Waals surface area contributed by atoms with Gasteiger partial charge in [-0.1, -0.05) is 60.7 Å². The predicted octanol–water partition coefficient (Wildman–Crippen LogP) is 3.45. The zero-order chi connectivity index (χ0) is 23.1. The molecule has 0 saturated carbocycles. The van der Waals surface area contributed by atoms with Crippen molar-refractivity contribution in [3.63, 3.8) is 0 Å². The first-order valence-electron chi connectivity index (χ1n) is 10.5. The molecule has 4 rings (SSSR count). The van der Waals surface area contributed by atoms with Crippen LogP contribution in [0.4, 0.5) is 5.69 Å². The van der Waals surface area contributed by atoms with E-state index in [1.807, 2.05) is 60.7 Å². The minimum absolute atomic E-state index is 0.238. The Balaban J connectivity index is 1.45. The Labute approximate surface area is 199 Å². The van der Waals surface area contributed by atoms with E-state index in [0.29, 0.717) is 37.1 Å². The zero-order valence-corrected chi connectivity index (χ0v) is 19.5. The summed E-state index contributed by atoms with van der Waals surface area (Å²) in [6, 6.07) is 26.2. The number of nitrogens with zero attached hydrogens (tertiary/aromatic N) is 2. The lowest BCUT2D eigenvalue weighted by Gasteiger charge is -2.26. The van der Waals surface area contributed by atoms with Crippen LogP contribution in [0, 0.1) is 0 Å². The summed E-state index contributed by atoms with van der Waals surface area (Å²) in [5.74, 6) is 0. The second-order valence-corrected chi connectivity index (χ2v) is 9.65. The summed E-state index contributed by atoms with van der Waals surface area (Å²) in [7, 11) is -3.53. The molecule has 170 valence electrons. The molecule has 0 aromatic heterocycles. The smallest absolute Gasteiger partial charge is 0.243 e. The average Bonchev–Trinajstić information content (AvgIpc) is 2.86. The van der Waals surface area contributed by atoms with E-state index in [4.69, 9.17) is 17.0 Å². The monoisotopic (exact) mass is 480 g/mol. The third-order valence-electron chi connectivity index (χ3n) is 5.08. The molecule has 0 amide bonds. The van der Waals surface area contributed by atoms with Crippen molar-refractivity contribution in [2.24, 2.45) is 5.10 Å². The molecule has 2 N–H and O–H groups in total. The largest absolute Gasteiger partial charge is 0.379 e. The first-order valence-corrected chi connectivity index (χ1v) is 12.3. The van der Waals surface area contributed by atoms with Crippen LogP contribution < -0.4 is 10.7 Å². The summed E-state index contributed by atoms with van der Waals surface area (Å²) >= 11 is 5.39. The maximum absolute atomic E-state index is 12.8. The lowest BCUT2D eigenvalue weighted by Crippen LogP contribution is -2.40. The van der Waals surface area contributed by atoms with E-state index in [1.54, 1.807) is 24.3 Å². The molecule has 33 heavy (non-hydrogen) atoms. The van der Waals surface area contributed by atoms with Crippen LogP contribution in [0.1, 0.15) is 11.1 Å². The minimum atomic E-state index is -3.53. The number of hydrogen-bond donors (Lipinski definition) is 2. The molecule has 0 unspecified atom stereocenters. The van der Waals surface area contributed by atoms with Crippen molar-refractivity contribution in [2.45, 2.75) is 4.90 Å². The predicted molar refractivity (Wildman–Crippen MR) is 134 cm³/mol. The van der Waals surface area contributed by atoms with Gasteiger partial charge in [0.15, 0.2) is 5.11 Å². The minimum Gasteiger partial charge on any atom is -0.379 e. The van der Waals surface area contributed by atoms with Crippen molar-refractivity contribution in [1.82, 2.24) is 9.73 Å². The van der Waals surface area contributed by atoms with Gasteiger partial charge in [-0.15, -0.1) is 0 Å². The molecular weight excluding hydrogens is 456 g/mol. The highest BCUT2D eigenvalue weighted by atomic mass is 32.2. The van der Waals surface area contributed by atoms with Gasteiger partial charge >= 0.3 is 0 Å². The second-order valence-electron chi connectivity index (χ2n) is 7.30. The van der Waals surface area contributed by atoms with Crippen LogP contribution in [0.5, 0.6) is 0 Å². The molecule has 0 bridgehead atoms. The number of thiocarbonyl (C=S) groups is 1. The Hall–Kier alpha value is -3.11. The number of rotatable bonds is 6. The van der Waals surface area contributed by atoms with Gasteiger partial charge in [0.25, 0.3) is 0 Å². The quantitative estimate of drug-likeness (QED) is 0.320. The van der Waals surface area contributed by atoms with Crippen LogP contribution in [0.2, 0.25) is 0 Å². The van der Waals surface area contributed by atoms with Crippen molar-refractivity contribution < 1.29 is 13.2 Å². The SMILES string of the molecule is O=S(=O)(c1ccc(NC(=S)NN=C(c2ccccc2)c2ccccc2)cc1)N1CCOCC1. The van der Waals surface area contributed by atoms with E-state index in [2.05, 4.69) is 15.8 Å². The summed E-state index contributed by atoms with van der Waals surface area (Å²) in [6.45, 7) is 1.54. The summed E-state index contributed by atoms with van der Waals surface area (Å²) in [5, 5.41) is 7.86. The Morgan fingerprint density at radius 1 is 0.848 bits per heavy atom. The molecule has 3 aromatic rings. The Morgan fingerprint density at radius 2 is 1.39 bits per heavy atom. The van der Waals surface area contributed by atoms with Crippen LogP contribution in [0.25, 0.3) is 0 Å². The average molecular weight is 481 g/mol. The summed E-state index contributed by atoms with van der Waals surface area (Å²) in [6.07, 6.45) is 0. The third kappa shape index (κ3) is 5.82. The lowest BCUT2D eigenvalue weighted by atomic mass is 10.0. The molecule has 9 heteroatoms. The van der Waals surface area contributed by atoms with E-state index in [1.165, 1.54) is 4.31 Å². The topological polar surface area (TPSA) is 83.0 Å². The molecule has 1 aliphatic rings. The number of nitrogens with one attached hydrogen (secondary N) is 2. The zero-order valence-electron chi connectivity index (χ0n) is 17.8. The highest BCUT2D eigenvalue weighted by Gasteiger charge is 2.26. The molecule has 1 aliphatic heterocycles. The van der Waals surface area contributed by atoms with Gasteiger partial charge in [-0.05, 0) is 36.5 Å². The van der Waals surface area contributed by atoms with Gasteiger partial charge < -0.3 is 10.1 Å². The third-order valence-corrected chi connectivity index (χ3v) is 7.19. The van der Waals surface area contributed by atoms with Gasteiger partial charge in [-0.25, -0.2) is 8.42 Å². The number of ether oxygens (including phenoxy) is 1. The number of morpholine rings is 1. The summed E-state index contributed by atoms with van der Waals surface area (Å²) < 4.78 is 32.2. The first kappa shape index (κ1) is 23.1. The molecule has 1 saturated heterocycles. The summed E-state index contributed by atoms with van der Waals surface area (Å²) in [5.41, 5.74) is 6.22. The number of hydrazone groups is 1. The van der Waals surface area contributed by atoms with Crippen molar-refractivity contribution in [2.75, 3.05) is 31.6 Å². The van der Waals surface area contributed by atoms with Gasteiger partial charge in [-0.3, -0.25) is 5.43 Å². The number of benzene rings is 3. The lowest BCUT2D eigenvalue weighted by molar-refractivity contribution is 0.0730. The number of sulfonamides is 1. The second kappa shape index (κ2) is 10.7. The van der Waals surface area contributed by atoms with Crippen LogP contribution >= 0.6 is 12.2 Å². The fourth-order valence-electron chi connectivity index (χ4n) is 3.40. The van der Waals surface area contributed by atoms with Gasteiger partial charge in [0.1, 0.15) is 0 Å². The van der Waals surface area contributed by atoms with E-state index in [0.717, 1.165) is 16.8 Å². The van der Waals surface area contributed by atoms with Crippen LogP contribution in [-0.2, 0) is 14.8 Å². The molecule has 1 heterocycles. The molecule has 0 atom stereocenters. The van der Waals surface area contributed by atoms with E-state index in [9.17, 15) is 8.42 Å². The normalized spacial score (nSPS) is 14.3. The van der Waals surface area contributed by atoms with E-state index in [-0.39, 0.29) is 4.90 Å². The maximum Gasteiger partial charge on any atom is 0.243 e. The summed E-state index contributed by atoms with van der Waals surface area (Å²) in [4.78, 5) is 0.238. The van der Waals surface area contributed by atoms with Gasteiger partial charge in [0.05, 0.1) is 23.8 Å². The molecule has 3 aromatic carbocycles. The maximum atomic E-state index is 12.8. The molecule has 0 radical (unpaired) electrons. The Kier molecular flexibility index (Phi) is 7.46. The van der Waals surface area contributed by atoms with Crippen LogP contribution in [0.15, 0.2) is 94.9 Å². The molecule has 1 fully saturated rings. The van der Waals surface area contributed by atoms with Crippen molar-refractivity contribution in [3.8, 4) is 0 Å². The highest BCUT2D eigenvalue weighted by molar-refractivity contribution is 7.89. The van der Waals surface area contributed by atoms with Crippen molar-refractivity contribution >= 4 is 38.8 Å². The van der Waals surface area contributed by atoms with Crippen LogP contribution in [-0.4, -0.2) is 49.9 Å². The van der Waals surface area contributed by atoms with E-state index < -0.39 is 10.0 Å². The standard InChI is InChI=1S/C24H24N4O3S2/c29-33(30,28-15-17-31-18-16-28)22-13-11-21(12-14-22)25-24(32)27-26-23(19-7-3-1-4-8-19)20-9-5-2-6-10-20/h1-14H,15-18H2,(H2,25,27,32). The fraction of sp³-hybridized carbons (Fsp3) is 0.167. The van der Waals surface area contributed by atoms with Crippen molar-refractivity contribution in [1.29, 1.82) is 0 Å². The van der Waals surface area contributed by atoms with Gasteiger partial charge in [-0.2, -0.15) is 9.41 Å². The molecular formula is C24H24N4O3S2. The molecule has 0 spiro atoms. The van der Waals surface area contributed by atoms with E-state index >= 15 is 0 Å². The van der Waals surface area contributed by atoms with Gasteiger partial charge in [0, 0.05) is 29.9 Å². The molecule has 0 aliphatic carbocycles. The number of hydrogen-bond acceptors (Lipinski definition) is 5. The molecule has 7 nitrogen and oxygen atoms in total. The highest BCUT2D eigenvalue weighted by Crippen LogP contribution is 2.19. The fourth-order valence-corrected chi connectivity index (χ4v) is 4.97. The van der Waals surface area contributed by atoms with Gasteiger partial charge in [0.2, 0.25) is 10.0 Å². The van der Waals surface area contributed by atoms with Crippen molar-refractivity contribution in [3.05, 3.63) is 96.1 Å². The first-order chi connectivity index (χ1) is 16.0.